The summed E-state index contributed by atoms with van der Waals surface area (Å²) in [6.07, 6.45) is 1.92. The van der Waals surface area contributed by atoms with Gasteiger partial charge in [0.25, 0.3) is 0 Å². The molecular weight excluding hydrogens is 332 g/mol. The van der Waals surface area contributed by atoms with Crippen LogP contribution in [-0.4, -0.2) is 30.1 Å². The van der Waals surface area contributed by atoms with Crippen LogP contribution in [-0.2, 0) is 11.2 Å². The van der Waals surface area contributed by atoms with Gasteiger partial charge in [0.15, 0.2) is 0 Å². The lowest BCUT2D eigenvalue weighted by Gasteiger charge is -2.19. The molecule has 1 aliphatic carbocycles. The van der Waals surface area contributed by atoms with E-state index in [9.17, 15) is 9.59 Å². The van der Waals surface area contributed by atoms with Gasteiger partial charge in [0.05, 0.1) is 6.61 Å². The first-order valence-electron chi connectivity index (χ1n) is 8.68. The van der Waals surface area contributed by atoms with Crippen LogP contribution >= 0.6 is 0 Å². The number of hydrogen-bond donors (Lipinski definition) is 3. The summed E-state index contributed by atoms with van der Waals surface area (Å²) in [6, 6.07) is 11.4. The maximum absolute atomic E-state index is 11.4. The van der Waals surface area contributed by atoms with Gasteiger partial charge in [-0.2, -0.15) is 0 Å². The van der Waals surface area contributed by atoms with Crippen molar-refractivity contribution in [1.29, 1.82) is 0 Å². The molecule has 1 amide bonds. The molecule has 2 aliphatic rings. The van der Waals surface area contributed by atoms with Gasteiger partial charge in [0.1, 0.15) is 12.3 Å². The largest absolute Gasteiger partial charge is 0.493 e. The van der Waals surface area contributed by atoms with Gasteiger partial charge >= 0.3 is 5.97 Å². The number of aryl methyl sites for hydroxylation is 1. The molecule has 0 radical (unpaired) electrons. The Bertz CT molecular complexity index is 893. The number of rotatable bonds is 5. The van der Waals surface area contributed by atoms with Crippen molar-refractivity contribution >= 4 is 17.6 Å². The van der Waals surface area contributed by atoms with Crippen LogP contribution in [0.25, 0.3) is 0 Å². The third-order valence-corrected chi connectivity index (χ3v) is 5.31. The number of nitrogens with two attached hydrogens (primary N) is 1. The highest BCUT2D eigenvalue weighted by atomic mass is 16.5. The van der Waals surface area contributed by atoms with Crippen molar-refractivity contribution in [2.75, 3.05) is 18.5 Å². The molecule has 4 N–H and O–H groups in total. The number of carboxylic acids is 1. The Morgan fingerprint density at radius 2 is 2.00 bits per heavy atom. The maximum atomic E-state index is 11.4. The van der Waals surface area contributed by atoms with E-state index in [1.807, 2.05) is 30.3 Å². The summed E-state index contributed by atoms with van der Waals surface area (Å²) in [5, 5.41) is 11.8. The first kappa shape index (κ1) is 16.4. The summed E-state index contributed by atoms with van der Waals surface area (Å²) in [4.78, 5) is 22.2. The quantitative estimate of drug-likeness (QED) is 0.767. The van der Waals surface area contributed by atoms with Gasteiger partial charge in [-0.25, -0.2) is 0 Å². The van der Waals surface area contributed by atoms with E-state index in [2.05, 4.69) is 5.32 Å². The van der Waals surface area contributed by atoms with Gasteiger partial charge in [-0.05, 0) is 60.2 Å². The predicted molar refractivity (Wildman–Crippen MR) is 96.8 cm³/mol. The molecule has 2 aromatic carbocycles. The Labute approximate surface area is 151 Å². The van der Waals surface area contributed by atoms with Crippen LogP contribution in [0.2, 0.25) is 0 Å². The first-order chi connectivity index (χ1) is 12.5. The smallest absolute Gasteiger partial charge is 0.322 e. The molecule has 0 spiro atoms. The maximum Gasteiger partial charge on any atom is 0.322 e. The number of anilines is 1. The van der Waals surface area contributed by atoms with Gasteiger partial charge < -0.3 is 20.9 Å². The zero-order valence-electron chi connectivity index (χ0n) is 14.2. The number of nitrogens with one attached hydrogen (secondary N) is 1. The molecule has 4 rings (SSSR count). The third kappa shape index (κ3) is 2.87. The SMILES string of the molecule is NC(=O)c1ccc2c(c1)CCC2C1COc2ccc(NCC(=O)O)cc21. The molecule has 1 aliphatic heterocycles. The highest BCUT2D eigenvalue weighted by Crippen LogP contribution is 2.49. The average molecular weight is 352 g/mol. The number of carbonyl (C=O) groups is 2. The van der Waals surface area contributed by atoms with Crippen LogP contribution in [0.3, 0.4) is 0 Å². The first-order valence-corrected chi connectivity index (χ1v) is 8.68. The number of carbonyl (C=O) groups excluding carboxylic acids is 1. The topological polar surface area (TPSA) is 102 Å². The number of benzene rings is 2. The molecule has 0 fully saturated rings. The number of ether oxygens (including phenoxy) is 1. The second-order valence-electron chi connectivity index (χ2n) is 6.84. The van der Waals surface area contributed by atoms with Crippen molar-refractivity contribution in [3.05, 3.63) is 58.7 Å². The highest BCUT2D eigenvalue weighted by Gasteiger charge is 2.36. The van der Waals surface area contributed by atoms with E-state index in [1.54, 1.807) is 6.07 Å². The Morgan fingerprint density at radius 1 is 1.15 bits per heavy atom. The number of fused-ring (bicyclic) bond motifs is 2. The second-order valence-corrected chi connectivity index (χ2v) is 6.84. The summed E-state index contributed by atoms with van der Waals surface area (Å²) in [6.45, 7) is 0.492. The second kappa shape index (κ2) is 6.37. The number of carboxylic acid groups (broad SMARTS) is 1. The van der Waals surface area contributed by atoms with Gasteiger partial charge in [-0.3, -0.25) is 9.59 Å². The third-order valence-electron chi connectivity index (χ3n) is 5.31. The van der Waals surface area contributed by atoms with E-state index in [0.717, 1.165) is 29.8 Å². The van der Waals surface area contributed by atoms with Crippen molar-refractivity contribution in [2.24, 2.45) is 5.73 Å². The van der Waals surface area contributed by atoms with Gasteiger partial charge in [0, 0.05) is 22.7 Å². The molecule has 1 heterocycles. The fraction of sp³-hybridized carbons (Fsp3) is 0.300. The number of hydrogen-bond acceptors (Lipinski definition) is 4. The molecule has 134 valence electrons. The zero-order chi connectivity index (χ0) is 18.3. The summed E-state index contributed by atoms with van der Waals surface area (Å²) in [5.74, 6) is 0.103. The molecule has 26 heavy (non-hydrogen) atoms. The minimum Gasteiger partial charge on any atom is -0.493 e. The number of amides is 1. The van der Waals surface area contributed by atoms with Crippen molar-refractivity contribution < 1.29 is 19.4 Å². The summed E-state index contributed by atoms with van der Waals surface area (Å²) >= 11 is 0. The lowest BCUT2D eigenvalue weighted by molar-refractivity contribution is -0.134. The summed E-state index contributed by atoms with van der Waals surface area (Å²) in [7, 11) is 0. The van der Waals surface area contributed by atoms with E-state index in [1.165, 1.54) is 11.1 Å². The standard InChI is InChI=1S/C20H20N2O4/c21-20(25)12-2-4-14-11(7-12)1-5-15(14)17-10-26-18-6-3-13(8-16(17)18)22-9-19(23)24/h2-4,6-8,15,17,22H,1,5,9-10H2,(H2,21,25)(H,23,24). The minimum absolute atomic E-state index is 0.119. The molecule has 0 aromatic heterocycles. The molecule has 0 bridgehead atoms. The van der Waals surface area contributed by atoms with E-state index >= 15 is 0 Å². The Balaban J connectivity index is 1.61. The predicted octanol–water partition coefficient (Wildman–Crippen LogP) is 2.49. The van der Waals surface area contributed by atoms with Crippen molar-refractivity contribution in [3.63, 3.8) is 0 Å². The van der Waals surface area contributed by atoms with Crippen molar-refractivity contribution in [2.45, 2.75) is 24.7 Å². The van der Waals surface area contributed by atoms with Crippen LogP contribution in [0.4, 0.5) is 5.69 Å². The van der Waals surface area contributed by atoms with E-state index in [0.29, 0.717) is 18.1 Å². The lowest BCUT2D eigenvalue weighted by Crippen LogP contribution is -2.13. The van der Waals surface area contributed by atoms with Crippen LogP contribution in [0.5, 0.6) is 5.75 Å². The van der Waals surface area contributed by atoms with Gasteiger partial charge in [-0.1, -0.05) is 6.07 Å². The Kier molecular flexibility index (Phi) is 4.03. The molecule has 0 saturated carbocycles. The summed E-state index contributed by atoms with van der Waals surface area (Å²) in [5.41, 5.74) is 10.3. The monoisotopic (exact) mass is 352 g/mol. The van der Waals surface area contributed by atoms with Crippen LogP contribution in [0.1, 0.15) is 45.3 Å². The highest BCUT2D eigenvalue weighted by molar-refractivity contribution is 5.93. The van der Waals surface area contributed by atoms with Crippen LogP contribution in [0, 0.1) is 0 Å². The zero-order valence-corrected chi connectivity index (χ0v) is 14.2. The molecule has 0 saturated heterocycles. The van der Waals surface area contributed by atoms with Crippen molar-refractivity contribution in [3.8, 4) is 5.75 Å². The Morgan fingerprint density at radius 3 is 2.77 bits per heavy atom. The Hall–Kier alpha value is -3.02. The normalized spacial score (nSPS) is 20.2. The molecular formula is C20H20N2O4. The lowest BCUT2D eigenvalue weighted by atomic mass is 9.83. The molecule has 2 atom stereocenters. The molecule has 6 nitrogen and oxygen atoms in total. The fourth-order valence-corrected chi connectivity index (χ4v) is 4.08. The van der Waals surface area contributed by atoms with Crippen molar-refractivity contribution in [1.82, 2.24) is 0 Å². The van der Waals surface area contributed by atoms with Gasteiger partial charge in [0.2, 0.25) is 5.91 Å². The fourth-order valence-electron chi connectivity index (χ4n) is 4.08. The molecule has 6 heteroatoms. The van der Waals surface area contributed by atoms with Crippen LogP contribution < -0.4 is 15.8 Å². The van der Waals surface area contributed by atoms with E-state index in [-0.39, 0.29) is 12.5 Å². The average Bonchev–Trinajstić information content (AvgIpc) is 3.22. The molecule has 2 unspecified atom stereocenters. The van der Waals surface area contributed by atoms with E-state index < -0.39 is 11.9 Å². The van der Waals surface area contributed by atoms with E-state index in [4.69, 9.17) is 15.6 Å². The van der Waals surface area contributed by atoms with Gasteiger partial charge in [-0.15, -0.1) is 0 Å². The summed E-state index contributed by atoms with van der Waals surface area (Å²) < 4.78 is 5.86. The van der Waals surface area contributed by atoms with Crippen LogP contribution in [0.15, 0.2) is 36.4 Å². The molecule has 2 aromatic rings. The minimum atomic E-state index is -0.895. The number of aliphatic carboxylic acids is 1. The number of primary amides is 1.